The highest BCUT2D eigenvalue weighted by molar-refractivity contribution is 8.13. The Bertz CT molecular complexity index is 1360. The number of nitrogens with zero attached hydrogens (tertiary/aromatic N) is 1. The molecule has 0 spiro atoms. The monoisotopic (exact) mass is 676 g/mol. The maximum atomic E-state index is 13.6. The summed E-state index contributed by atoms with van der Waals surface area (Å²) in [5, 5.41) is 14.4. The van der Waals surface area contributed by atoms with Gasteiger partial charge in [-0.2, -0.15) is 11.8 Å². The molecule has 3 saturated carbocycles. The van der Waals surface area contributed by atoms with Crippen LogP contribution in [0.15, 0.2) is 52.2 Å². The number of alkyl halides is 1. The molecular formula is C35H49FN2O6S2. The van der Waals surface area contributed by atoms with Gasteiger partial charge in [-0.15, -0.1) is 0 Å². The van der Waals surface area contributed by atoms with Crippen LogP contribution in [0.3, 0.4) is 0 Å². The van der Waals surface area contributed by atoms with Gasteiger partial charge in [-0.25, -0.2) is 14.2 Å². The van der Waals surface area contributed by atoms with Gasteiger partial charge in [0.25, 0.3) is 0 Å². The molecule has 4 aliphatic rings. The summed E-state index contributed by atoms with van der Waals surface area (Å²) in [5.41, 5.74) is 1.42. The summed E-state index contributed by atoms with van der Waals surface area (Å²) in [5.74, 6) is 0.0690. The third kappa shape index (κ3) is 6.71. The van der Waals surface area contributed by atoms with E-state index >= 15 is 0 Å². The standard InChI is InChI=1S/C35H49FN2O6S2/c1-8-23-17-33(4)24(16-27(23)38-22(3)15-21(2)31(41)37-13-14-45-7)9-10-25-26-11-12-35(32(42)46-20-36,44-29(40)19-43-6)34(26,5)18-28(39)30(25)33/h8,15-16,25-26,28,30,39H,3,9-14,17-20H2,1-2,4-7H3,(H,37,41)/b21-15+,23-8-,38-27?. The summed E-state index contributed by atoms with van der Waals surface area (Å²) in [4.78, 5) is 43.6. The average molecular weight is 677 g/mol. The summed E-state index contributed by atoms with van der Waals surface area (Å²) >= 11 is 2.21. The number of thioether (sulfide) groups is 2. The molecule has 3 fully saturated rings. The minimum atomic E-state index is -1.52. The molecule has 0 aromatic carbocycles. The van der Waals surface area contributed by atoms with Crippen LogP contribution in [0.2, 0.25) is 0 Å². The molecule has 2 N–H and O–H groups in total. The number of esters is 1. The van der Waals surface area contributed by atoms with E-state index in [1.165, 1.54) is 12.7 Å². The van der Waals surface area contributed by atoms with Gasteiger partial charge in [0.05, 0.1) is 17.5 Å². The molecule has 4 rings (SSSR count). The van der Waals surface area contributed by atoms with Crippen LogP contribution in [0.4, 0.5) is 4.39 Å². The van der Waals surface area contributed by atoms with Crippen molar-refractivity contribution < 1.29 is 33.4 Å². The molecule has 7 unspecified atom stereocenters. The second kappa shape index (κ2) is 14.9. The average Bonchev–Trinajstić information content (AvgIpc) is 3.28. The normalized spacial score (nSPS) is 35.6. The lowest BCUT2D eigenvalue weighted by Gasteiger charge is -2.61. The molecular weight excluding hydrogens is 628 g/mol. The van der Waals surface area contributed by atoms with E-state index in [9.17, 15) is 23.9 Å². The quantitative estimate of drug-likeness (QED) is 0.119. The highest BCUT2D eigenvalue weighted by Crippen LogP contribution is 2.69. The first kappa shape index (κ1) is 36.6. The lowest BCUT2D eigenvalue weighted by molar-refractivity contribution is -0.198. The molecule has 8 nitrogen and oxygen atoms in total. The van der Waals surface area contributed by atoms with Gasteiger partial charge in [0.2, 0.25) is 11.0 Å². The molecule has 4 aliphatic carbocycles. The molecule has 0 aliphatic heterocycles. The highest BCUT2D eigenvalue weighted by atomic mass is 32.2. The van der Waals surface area contributed by atoms with E-state index in [1.54, 1.807) is 24.8 Å². The number of ether oxygens (including phenoxy) is 2. The number of allylic oxidation sites excluding steroid dienone is 5. The van der Waals surface area contributed by atoms with Gasteiger partial charge in [0.1, 0.15) is 12.6 Å². The van der Waals surface area contributed by atoms with Crippen molar-refractivity contribution in [3.05, 3.63) is 47.2 Å². The fourth-order valence-corrected chi connectivity index (χ4v) is 10.0. The van der Waals surface area contributed by atoms with Crippen molar-refractivity contribution in [3.8, 4) is 0 Å². The number of carbonyl (C=O) groups excluding carboxylic acids is 3. The maximum absolute atomic E-state index is 13.6. The van der Waals surface area contributed by atoms with Crippen LogP contribution in [0.5, 0.6) is 0 Å². The number of aliphatic hydroxyl groups excluding tert-OH is 1. The Hall–Kier alpha value is -2.21. The summed E-state index contributed by atoms with van der Waals surface area (Å²) in [7, 11) is 1.38. The summed E-state index contributed by atoms with van der Waals surface area (Å²) in [6, 6.07) is -0.910. The molecule has 0 heterocycles. The van der Waals surface area contributed by atoms with Crippen LogP contribution in [0, 0.1) is 28.6 Å². The first-order chi connectivity index (χ1) is 21.8. The Kier molecular flexibility index (Phi) is 11.9. The van der Waals surface area contributed by atoms with Crippen molar-refractivity contribution in [3.63, 3.8) is 0 Å². The third-order valence-corrected chi connectivity index (χ3v) is 12.3. The van der Waals surface area contributed by atoms with Crippen LogP contribution in [0.25, 0.3) is 0 Å². The van der Waals surface area contributed by atoms with Gasteiger partial charge in [-0.05, 0) is 111 Å². The molecule has 254 valence electrons. The summed E-state index contributed by atoms with van der Waals surface area (Å²) in [6.07, 6.45) is 10.6. The van der Waals surface area contributed by atoms with Crippen LogP contribution in [-0.2, 0) is 23.9 Å². The number of rotatable bonds is 11. The molecule has 0 aromatic rings. The van der Waals surface area contributed by atoms with E-state index < -0.39 is 34.2 Å². The highest BCUT2D eigenvalue weighted by Gasteiger charge is 2.70. The Morgan fingerprint density at radius 1 is 1.28 bits per heavy atom. The molecule has 7 atom stereocenters. The Labute approximate surface area is 281 Å². The number of carbonyl (C=O) groups is 3. The third-order valence-electron chi connectivity index (χ3n) is 11.0. The van der Waals surface area contributed by atoms with Crippen molar-refractivity contribution in [2.75, 3.05) is 38.3 Å². The number of hydrogen-bond donors (Lipinski definition) is 2. The number of fused-ring (bicyclic) bond motifs is 5. The van der Waals surface area contributed by atoms with Crippen LogP contribution >= 0.6 is 23.5 Å². The fraction of sp³-hybridized carbons (Fsp3) is 0.657. The minimum Gasteiger partial charge on any atom is -0.448 e. The van der Waals surface area contributed by atoms with Crippen molar-refractivity contribution >= 4 is 46.2 Å². The lowest BCUT2D eigenvalue weighted by Crippen LogP contribution is -2.62. The predicted molar refractivity (Wildman–Crippen MR) is 183 cm³/mol. The van der Waals surface area contributed by atoms with Crippen LogP contribution in [0.1, 0.15) is 66.2 Å². The molecule has 1 amide bonds. The van der Waals surface area contributed by atoms with E-state index in [4.69, 9.17) is 14.5 Å². The van der Waals surface area contributed by atoms with Crippen molar-refractivity contribution in [2.24, 2.45) is 33.6 Å². The van der Waals surface area contributed by atoms with Crippen LogP contribution in [-0.4, -0.2) is 77.8 Å². The predicted octanol–water partition coefficient (Wildman–Crippen LogP) is 5.97. The largest absolute Gasteiger partial charge is 0.448 e. The van der Waals surface area contributed by atoms with Crippen LogP contribution < -0.4 is 5.32 Å². The number of methoxy groups -OCH3 is 1. The Morgan fingerprint density at radius 2 is 2.02 bits per heavy atom. The van der Waals surface area contributed by atoms with E-state index in [1.807, 2.05) is 20.1 Å². The zero-order valence-corrected chi connectivity index (χ0v) is 29.6. The van der Waals surface area contributed by atoms with Gasteiger partial charge in [0.15, 0.2) is 5.60 Å². The van der Waals surface area contributed by atoms with E-state index in [0.717, 1.165) is 29.9 Å². The first-order valence-corrected chi connectivity index (χ1v) is 18.4. The van der Waals surface area contributed by atoms with Gasteiger partial charge >= 0.3 is 5.97 Å². The summed E-state index contributed by atoms with van der Waals surface area (Å²) < 4.78 is 24.4. The minimum absolute atomic E-state index is 0.0119. The molecule has 0 radical (unpaired) electrons. The number of aliphatic imine (C=N–C) groups is 1. The fourth-order valence-electron chi connectivity index (χ4n) is 8.99. The number of halogens is 1. The second-order valence-corrected chi connectivity index (χ2v) is 15.3. The molecule has 0 aromatic heterocycles. The molecule has 0 bridgehead atoms. The molecule has 0 saturated heterocycles. The lowest BCUT2D eigenvalue weighted by atomic mass is 9.45. The van der Waals surface area contributed by atoms with Gasteiger partial charge in [-0.1, -0.05) is 32.1 Å². The van der Waals surface area contributed by atoms with E-state index in [2.05, 4.69) is 31.0 Å². The van der Waals surface area contributed by atoms with E-state index in [0.29, 0.717) is 48.8 Å². The van der Waals surface area contributed by atoms with Gasteiger partial charge in [0, 0.05) is 30.4 Å². The smallest absolute Gasteiger partial charge is 0.333 e. The van der Waals surface area contributed by atoms with Gasteiger partial charge in [-0.3, -0.25) is 9.59 Å². The summed E-state index contributed by atoms with van der Waals surface area (Å²) in [6.45, 7) is 12.3. The van der Waals surface area contributed by atoms with Gasteiger partial charge < -0.3 is 19.9 Å². The Morgan fingerprint density at radius 3 is 2.67 bits per heavy atom. The van der Waals surface area contributed by atoms with Crippen molar-refractivity contribution in [1.82, 2.24) is 5.32 Å². The van der Waals surface area contributed by atoms with E-state index in [-0.39, 0.29) is 42.1 Å². The zero-order chi connectivity index (χ0) is 33.9. The second-order valence-electron chi connectivity index (χ2n) is 13.5. The van der Waals surface area contributed by atoms with Crippen molar-refractivity contribution in [1.29, 1.82) is 0 Å². The maximum Gasteiger partial charge on any atom is 0.333 e. The molecule has 46 heavy (non-hydrogen) atoms. The number of amides is 1. The molecule has 11 heteroatoms. The Balaban J connectivity index is 1.64. The topological polar surface area (TPSA) is 114 Å². The number of hydrogen-bond acceptors (Lipinski definition) is 9. The SMILES string of the molecule is C=C(/C=C(\C)C(=O)NCCSC)N=C1C=C2CCC3C(C(O)CC4(C)C3CCC4(OC(=O)COC)C(=O)SCF)C2(C)C/C1=C/C. The first-order valence-electron chi connectivity index (χ1n) is 16.0. The zero-order valence-electron chi connectivity index (χ0n) is 27.9. The number of aliphatic hydroxyl groups is 1. The van der Waals surface area contributed by atoms with Crippen molar-refractivity contribution in [2.45, 2.75) is 77.9 Å². The number of nitrogens with one attached hydrogen (secondary N) is 1.